The first-order valence-corrected chi connectivity index (χ1v) is 15.0. The van der Waals surface area contributed by atoms with Crippen LogP contribution < -0.4 is 16.0 Å². The van der Waals surface area contributed by atoms with E-state index in [-0.39, 0.29) is 11.4 Å². The maximum atomic E-state index is 13.4. The number of halogens is 3. The van der Waals surface area contributed by atoms with E-state index >= 15 is 0 Å². The molecule has 2 aliphatic rings. The molecule has 5 rings (SSSR count). The Morgan fingerprint density at radius 1 is 1.16 bits per heavy atom. The van der Waals surface area contributed by atoms with Crippen molar-refractivity contribution in [1.29, 1.82) is 5.41 Å². The van der Waals surface area contributed by atoms with E-state index in [1.54, 1.807) is 4.90 Å². The molecule has 1 atom stereocenters. The third-order valence-corrected chi connectivity index (χ3v) is 7.06. The van der Waals surface area contributed by atoms with Crippen LogP contribution in [-0.2, 0) is 20.4 Å². The van der Waals surface area contributed by atoms with Gasteiger partial charge in [-0.05, 0) is 19.1 Å². The number of carbonyl (C=O) groups excluding carboxylic acids is 1. The van der Waals surface area contributed by atoms with Crippen LogP contribution in [0.15, 0.2) is 58.6 Å². The molecule has 0 bridgehead atoms. The average Bonchev–Trinajstić information content (AvgIpc) is 3.34. The molecule has 1 fully saturated rings. The summed E-state index contributed by atoms with van der Waals surface area (Å²) >= 11 is 1.39. The average molecular weight is 632 g/mol. The van der Waals surface area contributed by atoms with Gasteiger partial charge in [-0.3, -0.25) is 10.2 Å². The summed E-state index contributed by atoms with van der Waals surface area (Å²) in [5, 5.41) is 11.8. The fourth-order valence-corrected chi connectivity index (χ4v) is 5.17. The number of morpholine rings is 1. The highest BCUT2D eigenvalue weighted by molar-refractivity contribution is 7.16. The Balaban J connectivity index is 0.00000127. The molecule has 1 aromatic carbocycles. The zero-order chi connectivity index (χ0) is 32.4. The summed E-state index contributed by atoms with van der Waals surface area (Å²) < 4.78 is 50.9. The number of aromatic nitrogens is 1. The smallest absolute Gasteiger partial charge is 0.405 e. The molecule has 2 aliphatic heterocycles. The quantitative estimate of drug-likeness (QED) is 0.245. The molecule has 1 unspecified atom stereocenters. The van der Waals surface area contributed by atoms with Crippen molar-refractivity contribution >= 4 is 45.6 Å². The SMILES string of the molecule is CC.CC.Cc1cc2c(s1)NC(=O)C(/N=C(\N)OC(=N)c1ncc(C(F)(F)F)cc1N1CCOCC1)N=C2c1ccccc1. The van der Waals surface area contributed by atoms with Crippen molar-refractivity contribution in [1.82, 2.24) is 4.98 Å². The lowest BCUT2D eigenvalue weighted by atomic mass is 10.0. The second-order valence-electron chi connectivity index (χ2n) is 8.89. The maximum Gasteiger partial charge on any atom is 0.417 e. The second kappa shape index (κ2) is 15.4. The first-order valence-electron chi connectivity index (χ1n) is 14.1. The van der Waals surface area contributed by atoms with Crippen LogP contribution in [0.25, 0.3) is 0 Å². The zero-order valence-corrected chi connectivity index (χ0v) is 26.0. The number of ether oxygens (including phenoxy) is 2. The minimum absolute atomic E-state index is 0.0485. The van der Waals surface area contributed by atoms with Gasteiger partial charge in [0.05, 0.1) is 30.2 Å². The van der Waals surface area contributed by atoms with E-state index in [1.165, 1.54) is 11.3 Å². The number of aryl methyl sites for hydroxylation is 1. The first-order chi connectivity index (χ1) is 21.1. The predicted molar refractivity (Wildman–Crippen MR) is 168 cm³/mol. The molecule has 0 aliphatic carbocycles. The Bertz CT molecular complexity index is 1500. The molecule has 0 spiro atoms. The third-order valence-electron chi connectivity index (χ3n) is 6.10. The van der Waals surface area contributed by atoms with Gasteiger partial charge >= 0.3 is 6.18 Å². The second-order valence-corrected chi connectivity index (χ2v) is 10.2. The van der Waals surface area contributed by atoms with Crippen LogP contribution in [0, 0.1) is 12.3 Å². The fraction of sp³-hybridized carbons (Fsp3) is 0.367. The molecule has 0 saturated carbocycles. The molecular weight excluding hydrogens is 595 g/mol. The van der Waals surface area contributed by atoms with Gasteiger partial charge in [-0.1, -0.05) is 58.0 Å². The van der Waals surface area contributed by atoms with Crippen molar-refractivity contribution in [2.75, 3.05) is 36.5 Å². The van der Waals surface area contributed by atoms with E-state index in [2.05, 4.69) is 20.3 Å². The summed E-state index contributed by atoms with van der Waals surface area (Å²) in [5.41, 5.74) is 6.91. The number of pyridine rings is 1. The number of nitrogens with zero attached hydrogens (tertiary/aromatic N) is 4. The number of fused-ring (bicyclic) bond motifs is 1. The number of hydrogen-bond donors (Lipinski definition) is 3. The molecule has 236 valence electrons. The van der Waals surface area contributed by atoms with Gasteiger partial charge in [-0.2, -0.15) is 18.2 Å². The summed E-state index contributed by atoms with van der Waals surface area (Å²) in [6, 6.07) is 11.5. The highest BCUT2D eigenvalue weighted by Crippen LogP contribution is 2.34. The molecule has 3 aromatic rings. The number of amides is 1. The summed E-state index contributed by atoms with van der Waals surface area (Å²) in [6.07, 6.45) is -5.35. The van der Waals surface area contributed by atoms with Crippen molar-refractivity contribution < 1.29 is 27.4 Å². The van der Waals surface area contributed by atoms with Gasteiger partial charge in [0.15, 0.2) is 0 Å². The number of benzene rings is 1. The number of thiophene rings is 1. The lowest BCUT2D eigenvalue weighted by Gasteiger charge is -2.30. The Labute approximate surface area is 258 Å². The van der Waals surface area contributed by atoms with Gasteiger partial charge in [0.2, 0.25) is 12.1 Å². The van der Waals surface area contributed by atoms with Gasteiger partial charge in [0, 0.05) is 35.3 Å². The summed E-state index contributed by atoms with van der Waals surface area (Å²) in [4.78, 5) is 28.2. The van der Waals surface area contributed by atoms with Crippen molar-refractivity contribution in [3.05, 3.63) is 75.9 Å². The van der Waals surface area contributed by atoms with Gasteiger partial charge in [-0.15, -0.1) is 11.3 Å². The normalized spacial score (nSPS) is 16.6. The van der Waals surface area contributed by atoms with Gasteiger partial charge in [0.25, 0.3) is 11.9 Å². The van der Waals surface area contributed by atoms with Crippen molar-refractivity contribution in [2.24, 2.45) is 15.7 Å². The number of anilines is 2. The largest absolute Gasteiger partial charge is 0.417 e. The Kier molecular flexibility index (Phi) is 12.0. The van der Waals surface area contributed by atoms with Crippen LogP contribution in [0.5, 0.6) is 0 Å². The molecule has 4 N–H and O–H groups in total. The molecular formula is C30H36F3N7O3S. The van der Waals surface area contributed by atoms with Crippen molar-refractivity contribution in [3.63, 3.8) is 0 Å². The van der Waals surface area contributed by atoms with E-state index in [0.29, 0.717) is 43.2 Å². The molecule has 2 aromatic heterocycles. The summed E-state index contributed by atoms with van der Waals surface area (Å²) in [7, 11) is 0. The van der Waals surface area contributed by atoms with Crippen molar-refractivity contribution in [2.45, 2.75) is 47.0 Å². The van der Waals surface area contributed by atoms with Crippen LogP contribution in [0.1, 0.15) is 55.0 Å². The number of carbonyl (C=O) groups is 1. The van der Waals surface area contributed by atoms with E-state index in [0.717, 1.165) is 22.1 Å². The number of alkyl halides is 3. The molecule has 14 heteroatoms. The number of amidine groups is 1. The van der Waals surface area contributed by atoms with E-state index in [4.69, 9.17) is 20.6 Å². The zero-order valence-electron chi connectivity index (χ0n) is 25.2. The molecule has 10 nitrogen and oxygen atoms in total. The maximum absolute atomic E-state index is 13.4. The van der Waals surface area contributed by atoms with Gasteiger partial charge < -0.3 is 25.4 Å². The van der Waals surface area contributed by atoms with Crippen LogP contribution in [0.4, 0.5) is 23.9 Å². The predicted octanol–water partition coefficient (Wildman–Crippen LogP) is 5.83. The van der Waals surface area contributed by atoms with E-state index in [9.17, 15) is 18.0 Å². The van der Waals surface area contributed by atoms with Crippen LogP contribution in [0.2, 0.25) is 0 Å². The summed E-state index contributed by atoms with van der Waals surface area (Å²) in [6.45, 7) is 11.1. The Morgan fingerprint density at radius 2 is 1.82 bits per heavy atom. The van der Waals surface area contributed by atoms with Crippen molar-refractivity contribution in [3.8, 4) is 0 Å². The minimum atomic E-state index is -4.63. The highest BCUT2D eigenvalue weighted by Gasteiger charge is 2.34. The number of aliphatic imine (C=N–C) groups is 2. The van der Waals surface area contributed by atoms with E-state index in [1.807, 2.05) is 71.0 Å². The minimum Gasteiger partial charge on any atom is -0.405 e. The lowest BCUT2D eigenvalue weighted by molar-refractivity contribution is -0.137. The molecule has 44 heavy (non-hydrogen) atoms. The van der Waals surface area contributed by atoms with Gasteiger partial charge in [0.1, 0.15) is 10.7 Å². The van der Waals surface area contributed by atoms with Gasteiger partial charge in [-0.25, -0.2) is 9.98 Å². The van der Waals surface area contributed by atoms with Crippen LogP contribution in [0.3, 0.4) is 0 Å². The number of rotatable bonds is 4. The Morgan fingerprint density at radius 3 is 2.45 bits per heavy atom. The van der Waals surface area contributed by atoms with Crippen LogP contribution >= 0.6 is 11.3 Å². The highest BCUT2D eigenvalue weighted by atomic mass is 32.1. The number of hydrogen-bond acceptors (Lipinski definition) is 9. The topological polar surface area (TPSA) is 138 Å². The van der Waals surface area contributed by atoms with E-state index < -0.39 is 35.7 Å². The molecule has 1 saturated heterocycles. The first kappa shape index (κ1) is 34.2. The number of nitrogens with two attached hydrogens (primary N) is 1. The Hall–Kier alpha value is -4.30. The molecule has 0 radical (unpaired) electrons. The lowest BCUT2D eigenvalue weighted by Crippen LogP contribution is -2.38. The number of nitrogens with one attached hydrogen (secondary N) is 2. The standard InChI is InChI=1S/C26H24F3N7O3S.2C2H6/c1-14-11-17-19(15-5-3-2-4-6-15)33-22(23(37)35-24(17)40-14)34-25(31)39-21(30)20-18(36-7-9-38-10-8-36)12-16(13-32-20)26(27,28)29;2*1-2/h2-6,11-13,22,30H,7-10H2,1H3,(H2,31,34)(H,35,37);2*1-2H3. The molecule has 1 amide bonds. The van der Waals surface area contributed by atoms with Crippen LogP contribution in [-0.4, -0.2) is 61.0 Å². The summed E-state index contributed by atoms with van der Waals surface area (Å²) in [5.74, 6) is -1.19. The third kappa shape index (κ3) is 8.20. The monoisotopic (exact) mass is 631 g/mol. The molecule has 4 heterocycles. The fourth-order valence-electron chi connectivity index (χ4n) is 4.25.